The monoisotopic (exact) mass is 203 g/mol. The molecule has 5 nitrogen and oxygen atoms in total. The lowest BCUT2D eigenvalue weighted by atomic mass is 10.00. The Balaban J connectivity index is 2.10. The number of pyridine rings is 1. The molecule has 0 bridgehead atoms. The van der Waals surface area contributed by atoms with Gasteiger partial charge >= 0.3 is 0 Å². The number of H-pyrrole nitrogens is 1. The van der Waals surface area contributed by atoms with E-state index >= 15 is 0 Å². The largest absolute Gasteiger partial charge is 0.330 e. The number of nitrogens with two attached hydrogens (primary N) is 1. The maximum Gasteiger partial charge on any atom is 0.137 e. The summed E-state index contributed by atoms with van der Waals surface area (Å²) in [5.41, 5.74) is 6.91. The minimum Gasteiger partial charge on any atom is -0.330 e. The van der Waals surface area contributed by atoms with Gasteiger partial charge in [-0.1, -0.05) is 0 Å². The standard InChI is InChI=1S/C10H13N5/c11-6-9(10-13-7-14-15-10)5-8-1-3-12-4-2-8/h1-4,7,9H,5-6,11H2,(H,13,14,15). The molecule has 2 heterocycles. The fourth-order valence-corrected chi connectivity index (χ4v) is 1.51. The summed E-state index contributed by atoms with van der Waals surface area (Å²) in [5, 5.41) is 6.68. The van der Waals surface area contributed by atoms with E-state index in [1.807, 2.05) is 12.1 Å². The van der Waals surface area contributed by atoms with Crippen LogP contribution < -0.4 is 5.73 Å². The molecule has 3 N–H and O–H groups in total. The Morgan fingerprint density at radius 3 is 2.73 bits per heavy atom. The highest BCUT2D eigenvalue weighted by Gasteiger charge is 2.12. The highest BCUT2D eigenvalue weighted by atomic mass is 15.2. The third-order valence-corrected chi connectivity index (χ3v) is 2.34. The highest BCUT2D eigenvalue weighted by molar-refractivity contribution is 5.13. The van der Waals surface area contributed by atoms with E-state index in [0.29, 0.717) is 6.54 Å². The zero-order valence-electron chi connectivity index (χ0n) is 8.30. The molecule has 0 saturated heterocycles. The predicted molar refractivity (Wildman–Crippen MR) is 56.1 cm³/mol. The molecule has 2 aromatic rings. The van der Waals surface area contributed by atoms with Gasteiger partial charge in [-0.15, -0.1) is 0 Å². The van der Waals surface area contributed by atoms with Gasteiger partial charge in [0.05, 0.1) is 0 Å². The van der Waals surface area contributed by atoms with Gasteiger partial charge in [0.1, 0.15) is 12.2 Å². The third kappa shape index (κ3) is 2.38. The SMILES string of the molecule is NCC(Cc1ccncc1)c1ncn[nH]1. The van der Waals surface area contributed by atoms with Crippen LogP contribution in [0.1, 0.15) is 17.3 Å². The predicted octanol–water partition coefficient (Wildman–Crippen LogP) is 0.485. The van der Waals surface area contributed by atoms with Crippen LogP contribution in [0, 0.1) is 0 Å². The smallest absolute Gasteiger partial charge is 0.137 e. The van der Waals surface area contributed by atoms with Crippen molar-refractivity contribution in [1.82, 2.24) is 20.2 Å². The normalized spacial score (nSPS) is 12.6. The number of nitrogens with one attached hydrogen (secondary N) is 1. The zero-order valence-corrected chi connectivity index (χ0v) is 8.30. The fourth-order valence-electron chi connectivity index (χ4n) is 1.51. The third-order valence-electron chi connectivity index (χ3n) is 2.34. The van der Waals surface area contributed by atoms with Gasteiger partial charge in [-0.3, -0.25) is 10.1 Å². The average Bonchev–Trinajstić information content (AvgIpc) is 2.81. The summed E-state index contributed by atoms with van der Waals surface area (Å²) in [6.07, 6.45) is 5.92. The topological polar surface area (TPSA) is 80.5 Å². The van der Waals surface area contributed by atoms with Crippen molar-refractivity contribution in [2.75, 3.05) is 6.54 Å². The molecule has 0 radical (unpaired) electrons. The van der Waals surface area contributed by atoms with Crippen molar-refractivity contribution in [2.24, 2.45) is 5.73 Å². The van der Waals surface area contributed by atoms with Crippen LogP contribution in [0.3, 0.4) is 0 Å². The van der Waals surface area contributed by atoms with E-state index < -0.39 is 0 Å². The summed E-state index contributed by atoms with van der Waals surface area (Å²) in [4.78, 5) is 8.10. The molecule has 0 amide bonds. The Kier molecular flexibility index (Phi) is 3.04. The van der Waals surface area contributed by atoms with Gasteiger partial charge in [0.15, 0.2) is 0 Å². The van der Waals surface area contributed by atoms with Crippen molar-refractivity contribution < 1.29 is 0 Å². The Bertz CT molecular complexity index is 383. The molecule has 0 spiro atoms. The molecule has 0 aliphatic carbocycles. The molecule has 78 valence electrons. The summed E-state index contributed by atoms with van der Waals surface area (Å²) in [5.74, 6) is 1.03. The van der Waals surface area contributed by atoms with E-state index in [4.69, 9.17) is 5.73 Å². The van der Waals surface area contributed by atoms with Gasteiger partial charge in [-0.25, -0.2) is 4.98 Å². The number of rotatable bonds is 4. The molecule has 1 atom stereocenters. The second-order valence-corrected chi connectivity index (χ2v) is 3.36. The molecule has 1 unspecified atom stereocenters. The maximum absolute atomic E-state index is 5.71. The number of hydrogen-bond donors (Lipinski definition) is 2. The van der Waals surface area contributed by atoms with Crippen LogP contribution in [-0.2, 0) is 6.42 Å². The van der Waals surface area contributed by atoms with Gasteiger partial charge in [0.25, 0.3) is 0 Å². The lowest BCUT2D eigenvalue weighted by molar-refractivity contribution is 0.650. The van der Waals surface area contributed by atoms with Crippen molar-refractivity contribution >= 4 is 0 Å². The molecule has 0 fully saturated rings. The maximum atomic E-state index is 5.71. The molecule has 2 aromatic heterocycles. The first-order valence-electron chi connectivity index (χ1n) is 4.84. The first-order chi connectivity index (χ1) is 7.40. The Labute approximate surface area is 87.8 Å². The van der Waals surface area contributed by atoms with Crippen LogP contribution in [0.4, 0.5) is 0 Å². The van der Waals surface area contributed by atoms with Crippen LogP contribution in [-0.4, -0.2) is 26.7 Å². The highest BCUT2D eigenvalue weighted by Crippen LogP contribution is 2.14. The number of aromatic amines is 1. The van der Waals surface area contributed by atoms with Crippen LogP contribution >= 0.6 is 0 Å². The average molecular weight is 203 g/mol. The molecule has 5 heteroatoms. The van der Waals surface area contributed by atoms with E-state index in [-0.39, 0.29) is 5.92 Å². The molecule has 0 saturated carbocycles. The first kappa shape index (κ1) is 9.79. The van der Waals surface area contributed by atoms with Crippen LogP contribution in [0.5, 0.6) is 0 Å². The van der Waals surface area contributed by atoms with E-state index in [1.54, 1.807) is 12.4 Å². The summed E-state index contributed by atoms with van der Waals surface area (Å²) >= 11 is 0. The Morgan fingerprint density at radius 2 is 2.13 bits per heavy atom. The van der Waals surface area contributed by atoms with Crippen molar-refractivity contribution in [3.05, 3.63) is 42.2 Å². The lowest BCUT2D eigenvalue weighted by Gasteiger charge is -2.10. The van der Waals surface area contributed by atoms with E-state index in [9.17, 15) is 0 Å². The summed E-state index contributed by atoms with van der Waals surface area (Å²) < 4.78 is 0. The van der Waals surface area contributed by atoms with E-state index in [2.05, 4.69) is 20.2 Å². The van der Waals surface area contributed by atoms with Gasteiger partial charge in [-0.2, -0.15) is 5.10 Å². The second kappa shape index (κ2) is 4.65. The molecular formula is C10H13N5. The first-order valence-corrected chi connectivity index (χ1v) is 4.84. The summed E-state index contributed by atoms with van der Waals surface area (Å²) in [6, 6.07) is 3.97. The molecular weight excluding hydrogens is 190 g/mol. The van der Waals surface area contributed by atoms with Gasteiger partial charge < -0.3 is 5.73 Å². The quantitative estimate of drug-likeness (QED) is 0.757. The molecule has 0 aliphatic heterocycles. The number of hydrogen-bond acceptors (Lipinski definition) is 4. The molecule has 0 aromatic carbocycles. The van der Waals surface area contributed by atoms with Crippen LogP contribution in [0.15, 0.2) is 30.9 Å². The minimum atomic E-state index is 0.190. The molecule has 2 rings (SSSR count). The Morgan fingerprint density at radius 1 is 1.33 bits per heavy atom. The van der Waals surface area contributed by atoms with Crippen LogP contribution in [0.2, 0.25) is 0 Å². The second-order valence-electron chi connectivity index (χ2n) is 3.36. The fraction of sp³-hybridized carbons (Fsp3) is 0.300. The number of nitrogens with zero attached hydrogens (tertiary/aromatic N) is 3. The van der Waals surface area contributed by atoms with Gasteiger partial charge in [0, 0.05) is 24.9 Å². The number of aromatic nitrogens is 4. The lowest BCUT2D eigenvalue weighted by Crippen LogP contribution is -2.16. The van der Waals surface area contributed by atoms with E-state index in [1.165, 1.54) is 11.9 Å². The van der Waals surface area contributed by atoms with Crippen molar-refractivity contribution in [3.8, 4) is 0 Å². The van der Waals surface area contributed by atoms with Crippen LogP contribution in [0.25, 0.3) is 0 Å². The summed E-state index contributed by atoms with van der Waals surface area (Å²) in [6.45, 7) is 0.553. The van der Waals surface area contributed by atoms with Crippen molar-refractivity contribution in [2.45, 2.75) is 12.3 Å². The van der Waals surface area contributed by atoms with Gasteiger partial charge in [0.2, 0.25) is 0 Å². The Hall–Kier alpha value is -1.75. The zero-order chi connectivity index (χ0) is 10.5. The van der Waals surface area contributed by atoms with Crippen molar-refractivity contribution in [3.63, 3.8) is 0 Å². The van der Waals surface area contributed by atoms with Gasteiger partial charge in [-0.05, 0) is 24.1 Å². The van der Waals surface area contributed by atoms with E-state index in [0.717, 1.165) is 12.2 Å². The molecule has 0 aliphatic rings. The van der Waals surface area contributed by atoms with Crippen molar-refractivity contribution in [1.29, 1.82) is 0 Å². The summed E-state index contributed by atoms with van der Waals surface area (Å²) in [7, 11) is 0. The minimum absolute atomic E-state index is 0.190. The molecule has 15 heavy (non-hydrogen) atoms.